The predicted molar refractivity (Wildman–Crippen MR) is 431 cm³/mol. The molecule has 104 heavy (non-hydrogen) atoms. The predicted octanol–water partition coefficient (Wildman–Crippen LogP) is 18.4. The van der Waals surface area contributed by atoms with Gasteiger partial charge in [-0.1, -0.05) is 83.1 Å². The van der Waals surface area contributed by atoms with Gasteiger partial charge in [-0.3, -0.25) is 0 Å². The Bertz CT molecular complexity index is 4250. The van der Waals surface area contributed by atoms with Crippen molar-refractivity contribution in [1.82, 2.24) is 89.7 Å². The largest absolute Gasteiger partial charge is 0.382 e. The number of aryl methyl sites for hydroxylation is 2. The minimum absolute atomic E-state index is 0.332. The van der Waals surface area contributed by atoms with Gasteiger partial charge < -0.3 is 31.9 Å². The molecule has 0 aliphatic carbocycles. The van der Waals surface area contributed by atoms with Crippen molar-refractivity contribution < 1.29 is 0 Å². The molecular weight excluding hydrogens is 1300 g/mol. The van der Waals surface area contributed by atoms with Crippen LogP contribution in [0.2, 0.25) is 0 Å². The second-order valence-electron chi connectivity index (χ2n) is 29.6. The zero-order chi connectivity index (χ0) is 76.2. The van der Waals surface area contributed by atoms with Crippen molar-refractivity contribution in [2.75, 3.05) is 31.9 Å². The first-order chi connectivity index (χ1) is 49.3. The Kier molecular flexibility index (Phi) is 29.4. The third kappa shape index (κ3) is 22.4. The fourth-order valence-corrected chi connectivity index (χ4v) is 11.0. The molecule has 0 bridgehead atoms. The molecular formula is C80H112N24. The Labute approximate surface area is 615 Å². The SMILES string of the molecule is CC(C)Nc1cc(C(C)C)nc2cncnc12.CC(C)Nc1cc(C(C)C)nc2ncncc12.CC(C)Nc1nc(C(C)C)cc2cncnc12.CC(C)Nc1nc(C(C)C)cc2ncncc12.Cc1c(C(C)C)nc(NC(C)C)c2cncnc12.Cc1c(C(C)C)nc(NC(C)C)c2ncncc12. The first-order valence-corrected chi connectivity index (χ1v) is 36.5. The minimum Gasteiger partial charge on any atom is -0.382 e. The van der Waals surface area contributed by atoms with Crippen LogP contribution in [0.1, 0.15) is 247 Å². The topological polar surface area (TPSA) is 304 Å². The molecule has 24 nitrogen and oxygen atoms in total. The van der Waals surface area contributed by atoms with Gasteiger partial charge >= 0.3 is 0 Å². The molecule has 12 rings (SSSR count). The molecule has 0 aliphatic heterocycles. The molecule has 24 heteroatoms. The number of hydrogen-bond donors (Lipinski definition) is 6. The molecule has 6 N–H and O–H groups in total. The third-order valence-electron chi connectivity index (χ3n) is 16.0. The van der Waals surface area contributed by atoms with Gasteiger partial charge in [0.2, 0.25) is 0 Å². The van der Waals surface area contributed by atoms with E-state index in [2.05, 4.69) is 310 Å². The van der Waals surface area contributed by atoms with Gasteiger partial charge in [0.05, 0.1) is 44.8 Å². The number of rotatable bonds is 18. The molecule has 0 atom stereocenters. The lowest BCUT2D eigenvalue weighted by atomic mass is 10.0. The van der Waals surface area contributed by atoms with E-state index in [1.165, 1.54) is 5.56 Å². The van der Waals surface area contributed by atoms with Gasteiger partial charge in [0.25, 0.3) is 0 Å². The van der Waals surface area contributed by atoms with E-state index in [1.54, 1.807) is 44.2 Å². The van der Waals surface area contributed by atoms with Crippen molar-refractivity contribution >= 4 is 100 Å². The standard InChI is InChI=1S/2C14H20N4.4C13H18N4/c1-8(2)12-10(5)13-11(6-15-7-16-13)14(18-12)17-9(3)4;1-8(2)12-10(5)11-6-15-7-16-13(11)14(18-12)17-9(3)4;1-8(2)11-5-12(16-9(3)4)10-6-14-7-15-13(10)17-11;1-8(2)11-5-12-10(6-14-7-15-12)13(17-11)16-9(3)4;1-8(2)10-5-11(16-9(3)4)13-12(17-10)6-14-7-15-13;1-8(2)11-5-10-6-14-7-15-12(10)13(17-11)16-9(3)4/h2*6-9H,1-5H3,(H,17,18);5-9H,1-4H3,(H,14,15,16,17);3*5-9H,1-4H3,(H,16,17). The monoisotopic (exact) mass is 1410 g/mol. The lowest BCUT2D eigenvalue weighted by Crippen LogP contribution is -2.14. The van der Waals surface area contributed by atoms with E-state index in [0.29, 0.717) is 71.8 Å². The highest BCUT2D eigenvalue weighted by Gasteiger charge is 2.19. The molecule has 0 amide bonds. The third-order valence-corrected chi connectivity index (χ3v) is 16.0. The maximum atomic E-state index is 4.75. The summed E-state index contributed by atoms with van der Waals surface area (Å²) in [6.45, 7) is 55.1. The van der Waals surface area contributed by atoms with Crippen molar-refractivity contribution in [1.29, 1.82) is 0 Å². The van der Waals surface area contributed by atoms with Crippen molar-refractivity contribution in [3.05, 3.63) is 145 Å². The number of anilines is 6. The summed E-state index contributed by atoms with van der Waals surface area (Å²) in [6, 6.07) is 10.4. The number of nitrogens with one attached hydrogen (secondary N) is 6. The molecule has 0 spiro atoms. The summed E-state index contributed by atoms with van der Waals surface area (Å²) in [6.07, 6.45) is 20.3. The highest BCUT2D eigenvalue weighted by Crippen LogP contribution is 2.33. The van der Waals surface area contributed by atoms with E-state index in [9.17, 15) is 0 Å². The van der Waals surface area contributed by atoms with Gasteiger partial charge in [-0.05, 0) is 168 Å². The van der Waals surface area contributed by atoms with Crippen LogP contribution in [0, 0.1) is 13.8 Å². The molecule has 0 saturated carbocycles. The van der Waals surface area contributed by atoms with Gasteiger partial charge in [0.15, 0.2) is 17.3 Å². The Hall–Kier alpha value is -10.3. The van der Waals surface area contributed by atoms with Crippen LogP contribution in [-0.2, 0) is 0 Å². The van der Waals surface area contributed by atoms with Crippen LogP contribution in [0.5, 0.6) is 0 Å². The van der Waals surface area contributed by atoms with E-state index in [4.69, 9.17) is 9.97 Å². The lowest BCUT2D eigenvalue weighted by molar-refractivity contribution is 0.808. The fourth-order valence-electron chi connectivity index (χ4n) is 11.0. The van der Waals surface area contributed by atoms with E-state index in [0.717, 1.165) is 140 Å². The van der Waals surface area contributed by atoms with Crippen LogP contribution in [0.3, 0.4) is 0 Å². The maximum absolute atomic E-state index is 4.75. The van der Waals surface area contributed by atoms with Crippen LogP contribution in [0.15, 0.2) is 99.4 Å². The van der Waals surface area contributed by atoms with Crippen molar-refractivity contribution in [3.63, 3.8) is 0 Å². The fraction of sp³-hybridized carbons (Fsp3) is 0.475. The number of nitrogens with zero attached hydrogens (tertiary/aromatic N) is 18. The Balaban J connectivity index is 0.000000175. The second-order valence-corrected chi connectivity index (χ2v) is 29.6. The number of aromatic nitrogens is 18. The van der Waals surface area contributed by atoms with Crippen LogP contribution < -0.4 is 31.9 Å². The molecule has 12 heterocycles. The molecule has 12 aromatic heterocycles. The average Bonchev–Trinajstić information content (AvgIpc) is 0.775. The van der Waals surface area contributed by atoms with Gasteiger partial charge in [0.1, 0.15) is 71.7 Å². The molecule has 0 saturated heterocycles. The van der Waals surface area contributed by atoms with Gasteiger partial charge in [0, 0.05) is 112 Å². The summed E-state index contributed by atoms with van der Waals surface area (Å²) in [7, 11) is 0. The van der Waals surface area contributed by atoms with Crippen LogP contribution in [-0.4, -0.2) is 126 Å². The van der Waals surface area contributed by atoms with Gasteiger partial charge in [-0.2, -0.15) is 0 Å². The second kappa shape index (κ2) is 37.8. The first-order valence-electron chi connectivity index (χ1n) is 36.5. The Morgan fingerprint density at radius 3 is 1.20 bits per heavy atom. The molecule has 0 aromatic carbocycles. The summed E-state index contributed by atoms with van der Waals surface area (Å²) >= 11 is 0. The van der Waals surface area contributed by atoms with Crippen LogP contribution in [0.4, 0.5) is 34.6 Å². The average molecular weight is 1410 g/mol. The summed E-state index contributed by atoms with van der Waals surface area (Å²) in [5.41, 5.74) is 17.1. The molecule has 0 unspecified atom stereocenters. The smallest absolute Gasteiger partial charge is 0.164 e. The molecule has 0 aliphatic rings. The molecule has 552 valence electrons. The van der Waals surface area contributed by atoms with E-state index < -0.39 is 0 Å². The minimum atomic E-state index is 0.332. The lowest BCUT2D eigenvalue weighted by Gasteiger charge is -2.17. The van der Waals surface area contributed by atoms with Crippen molar-refractivity contribution in [2.24, 2.45) is 0 Å². The molecule has 12 aromatic rings. The molecule has 0 radical (unpaired) electrons. The number of pyridine rings is 6. The van der Waals surface area contributed by atoms with Crippen LogP contribution in [0.25, 0.3) is 65.7 Å². The highest BCUT2D eigenvalue weighted by molar-refractivity contribution is 5.93. The first kappa shape index (κ1) is 81.0. The van der Waals surface area contributed by atoms with Crippen molar-refractivity contribution in [3.8, 4) is 0 Å². The maximum Gasteiger partial charge on any atom is 0.164 e. The Morgan fingerprint density at radius 1 is 0.260 bits per heavy atom. The van der Waals surface area contributed by atoms with Crippen LogP contribution >= 0.6 is 0 Å². The summed E-state index contributed by atoms with van der Waals surface area (Å²) in [5, 5.41) is 25.3. The summed E-state index contributed by atoms with van der Waals surface area (Å²) < 4.78 is 0. The van der Waals surface area contributed by atoms with Gasteiger partial charge in [-0.15, -0.1) is 0 Å². The summed E-state index contributed by atoms with van der Waals surface area (Å²) in [5.74, 6) is 5.82. The highest BCUT2D eigenvalue weighted by atomic mass is 15.1. The molecule has 0 fully saturated rings. The zero-order valence-electron chi connectivity index (χ0n) is 66.2. The quantitative estimate of drug-likeness (QED) is 0.0465. The zero-order valence-corrected chi connectivity index (χ0v) is 66.2. The Morgan fingerprint density at radius 2 is 0.644 bits per heavy atom. The number of fused-ring (bicyclic) bond motifs is 6. The van der Waals surface area contributed by atoms with E-state index in [1.807, 2.05) is 37.1 Å². The van der Waals surface area contributed by atoms with Gasteiger partial charge in [-0.25, -0.2) is 89.7 Å². The van der Waals surface area contributed by atoms with E-state index in [-0.39, 0.29) is 0 Å². The van der Waals surface area contributed by atoms with E-state index >= 15 is 0 Å². The number of hydrogen-bond acceptors (Lipinski definition) is 24. The summed E-state index contributed by atoms with van der Waals surface area (Å²) in [4.78, 5) is 78.3. The normalized spacial score (nSPS) is 11.4. The van der Waals surface area contributed by atoms with Crippen molar-refractivity contribution in [2.45, 2.75) is 252 Å².